The molecule has 0 atom stereocenters. The van der Waals surface area contributed by atoms with Crippen molar-refractivity contribution < 1.29 is 51.6 Å². The molecule has 0 bridgehead atoms. The van der Waals surface area contributed by atoms with E-state index in [0.717, 1.165) is 0 Å². The second-order valence-electron chi connectivity index (χ2n) is 5.02. The van der Waals surface area contributed by atoms with Gasteiger partial charge in [-0.3, -0.25) is 0 Å². The maximum atomic E-state index is 8.28. The van der Waals surface area contributed by atoms with E-state index >= 15 is 0 Å². The van der Waals surface area contributed by atoms with Gasteiger partial charge in [-0.1, -0.05) is 0 Å². The fourth-order valence-corrected chi connectivity index (χ4v) is 0.470. The molecule has 0 aliphatic rings. The van der Waals surface area contributed by atoms with Crippen LogP contribution in [0.25, 0.3) is 0 Å². The van der Waals surface area contributed by atoms with Gasteiger partial charge in [-0.15, -0.1) is 0 Å². The first-order valence-corrected chi connectivity index (χ1v) is 7.62. The number of rotatable bonds is 7. The van der Waals surface area contributed by atoms with Crippen molar-refractivity contribution in [1.82, 2.24) is 0 Å². The van der Waals surface area contributed by atoms with Crippen molar-refractivity contribution in [2.45, 2.75) is 59.9 Å². The van der Waals surface area contributed by atoms with E-state index in [2.05, 4.69) is 0 Å². The monoisotopic (exact) mass is 377 g/mol. The summed E-state index contributed by atoms with van der Waals surface area (Å²) in [7, 11) is 0. The molecule has 8 heteroatoms. The summed E-state index contributed by atoms with van der Waals surface area (Å²) in [6, 6.07) is 0. The Morgan fingerprint density at radius 3 is 1.17 bits per heavy atom. The van der Waals surface area contributed by atoms with E-state index in [1.807, 2.05) is 0 Å². The molecule has 7 nitrogen and oxygen atoms in total. The van der Waals surface area contributed by atoms with Gasteiger partial charge in [0.15, 0.2) is 0 Å². The largest absolute Gasteiger partial charge is 0.394 e. The van der Waals surface area contributed by atoms with Gasteiger partial charge >= 0.3 is 0 Å². The Balaban J connectivity index is -0.0000000700. The molecule has 0 heterocycles. The minimum absolute atomic E-state index is 0. The molecule has 0 aliphatic heterocycles. The Kier molecular flexibility index (Phi) is 51.2. The average Bonchev–Trinajstić information content (AvgIpc) is 2.31. The summed E-state index contributed by atoms with van der Waals surface area (Å²) in [5.74, 6) is 0. The van der Waals surface area contributed by atoms with E-state index in [0.29, 0.717) is 33.0 Å². The smallest absolute Gasteiger partial charge is 0.0701 e. The Morgan fingerprint density at radius 1 is 0.696 bits per heavy atom. The van der Waals surface area contributed by atoms with Crippen LogP contribution in [0.3, 0.4) is 0 Å². The van der Waals surface area contributed by atoms with E-state index in [1.165, 1.54) is 0 Å². The third-order valence-corrected chi connectivity index (χ3v) is 0.870. The summed E-state index contributed by atoms with van der Waals surface area (Å²) < 4.78 is 9.91. The van der Waals surface area contributed by atoms with Gasteiger partial charge in [-0.05, 0) is 41.5 Å². The summed E-state index contributed by atoms with van der Waals surface area (Å²) in [5, 5.41) is 32.4. The molecule has 6 N–H and O–H groups in total. The van der Waals surface area contributed by atoms with Crippen LogP contribution in [0.15, 0.2) is 0 Å². The number of hydrogen-bond acceptors (Lipinski definition) is 7. The molecular weight excluding hydrogens is 338 g/mol. The van der Waals surface area contributed by atoms with Crippen molar-refractivity contribution in [2.24, 2.45) is 5.73 Å². The summed E-state index contributed by atoms with van der Waals surface area (Å²) in [6.45, 7) is 13.0. The van der Waals surface area contributed by atoms with Gasteiger partial charge < -0.3 is 35.6 Å². The van der Waals surface area contributed by atoms with Crippen LogP contribution in [0.1, 0.15) is 41.5 Å². The molecule has 0 aliphatic carbocycles. The molecule has 144 valence electrons. The maximum absolute atomic E-state index is 8.28. The molecule has 23 heavy (non-hydrogen) atoms. The molecule has 0 saturated heterocycles. The van der Waals surface area contributed by atoms with Crippen LogP contribution in [0.2, 0.25) is 0 Å². The minimum atomic E-state index is -0.167. The number of ether oxygens (including phenoxy) is 2. The van der Waals surface area contributed by atoms with Gasteiger partial charge in [0, 0.05) is 46.6 Å². The van der Waals surface area contributed by atoms with E-state index in [9.17, 15) is 0 Å². The van der Waals surface area contributed by atoms with Crippen molar-refractivity contribution in [2.75, 3.05) is 39.6 Å². The van der Waals surface area contributed by atoms with Crippen LogP contribution in [-0.4, -0.2) is 78.3 Å². The molecule has 0 aromatic carbocycles. The summed E-state index contributed by atoms with van der Waals surface area (Å²) in [5.41, 5.74) is 5.16. The first kappa shape index (κ1) is 34.7. The minimum Gasteiger partial charge on any atom is -0.394 e. The first-order chi connectivity index (χ1) is 10.1. The Hall–Kier alpha value is 0.434. The normalized spacial score (nSPS) is 9.13. The van der Waals surface area contributed by atoms with Gasteiger partial charge in [0.05, 0.1) is 33.0 Å². The van der Waals surface area contributed by atoms with Crippen molar-refractivity contribution in [3.8, 4) is 0 Å². The molecule has 0 aromatic heterocycles. The number of hydrogen-bond donors (Lipinski definition) is 5. The Labute approximate surface area is 157 Å². The summed E-state index contributed by atoms with van der Waals surface area (Å²) in [6.07, 6.45) is -0.500. The van der Waals surface area contributed by atoms with Gasteiger partial charge in [-0.2, -0.15) is 0 Å². The Morgan fingerprint density at radius 2 is 0.957 bits per heavy atom. The molecule has 0 spiro atoms. The molecule has 0 aromatic rings. The van der Waals surface area contributed by atoms with E-state index in [-0.39, 0.29) is 46.6 Å². The fourth-order valence-electron chi connectivity index (χ4n) is 0.470. The van der Waals surface area contributed by atoms with Crippen LogP contribution >= 0.6 is 0 Å². The molecule has 0 unspecified atom stereocenters. The molecular formula is C15H39NO6Ti. The number of aliphatic hydroxyl groups is 4. The topological polar surface area (TPSA) is 125 Å². The number of nitrogens with two attached hydrogens (primary N) is 1. The van der Waals surface area contributed by atoms with Gasteiger partial charge in [-0.25, -0.2) is 0 Å². The van der Waals surface area contributed by atoms with E-state index in [1.54, 1.807) is 41.5 Å². The zero-order chi connectivity index (χ0) is 18.4. The maximum Gasteiger partial charge on any atom is 0.0701 e. The summed E-state index contributed by atoms with van der Waals surface area (Å²) in [4.78, 5) is 0. The molecule has 0 rings (SSSR count). The van der Waals surface area contributed by atoms with E-state index < -0.39 is 0 Å². The van der Waals surface area contributed by atoms with Gasteiger partial charge in [0.1, 0.15) is 0 Å². The van der Waals surface area contributed by atoms with Crippen LogP contribution in [-0.2, 0) is 31.2 Å². The van der Waals surface area contributed by atoms with E-state index in [4.69, 9.17) is 35.6 Å². The standard InChI is InChI=1S/C6H15NO3.3C3H8O.Ti/c7-1-3-9-5-6-10-4-2-8;3*1-3(2)4;/h8H,1-7H2;3*3-4H,1-2H3;. The van der Waals surface area contributed by atoms with Crippen LogP contribution < -0.4 is 5.73 Å². The predicted octanol–water partition coefficient (Wildman–Crippen LogP) is 0.129. The van der Waals surface area contributed by atoms with Crippen molar-refractivity contribution in [3.05, 3.63) is 0 Å². The van der Waals surface area contributed by atoms with Crippen molar-refractivity contribution in [1.29, 1.82) is 0 Å². The molecule has 0 saturated carbocycles. The van der Waals surface area contributed by atoms with Crippen LogP contribution in [0.5, 0.6) is 0 Å². The SMILES string of the molecule is CC(C)O.CC(C)O.CC(C)O.NCCOCCOCCO.[Ti]. The third kappa shape index (κ3) is 169. The second-order valence-corrected chi connectivity index (χ2v) is 5.02. The Bertz CT molecular complexity index is 132. The van der Waals surface area contributed by atoms with Crippen LogP contribution in [0, 0.1) is 0 Å². The van der Waals surface area contributed by atoms with Crippen LogP contribution in [0.4, 0.5) is 0 Å². The quantitative estimate of drug-likeness (QED) is 0.315. The zero-order valence-corrected chi connectivity index (χ0v) is 17.2. The molecule has 0 radical (unpaired) electrons. The average molecular weight is 377 g/mol. The summed E-state index contributed by atoms with van der Waals surface area (Å²) >= 11 is 0. The van der Waals surface area contributed by atoms with Crippen molar-refractivity contribution >= 4 is 0 Å². The predicted molar refractivity (Wildman–Crippen MR) is 89.8 cm³/mol. The van der Waals surface area contributed by atoms with Crippen molar-refractivity contribution in [3.63, 3.8) is 0 Å². The fraction of sp³-hybridized carbons (Fsp3) is 1.00. The van der Waals surface area contributed by atoms with Gasteiger partial charge in [0.25, 0.3) is 0 Å². The molecule has 0 fully saturated rings. The zero-order valence-electron chi connectivity index (χ0n) is 15.7. The third-order valence-electron chi connectivity index (χ3n) is 0.870. The van der Waals surface area contributed by atoms with Gasteiger partial charge in [0.2, 0.25) is 0 Å². The number of aliphatic hydroxyl groups excluding tert-OH is 4. The molecule has 0 amide bonds. The first-order valence-electron chi connectivity index (χ1n) is 7.62. The second kappa shape index (κ2) is 33.9.